The van der Waals surface area contributed by atoms with Crippen LogP contribution in [0, 0.1) is 0 Å². The van der Waals surface area contributed by atoms with E-state index in [0.29, 0.717) is 19.8 Å². The SMILES string of the molecule is CCN(CC)CN1C(=O)N(CN(CC)CC)C(C)(CC)C1=O. The molecule has 1 saturated heterocycles. The zero-order valence-corrected chi connectivity index (χ0v) is 15.1. The summed E-state index contributed by atoms with van der Waals surface area (Å²) >= 11 is 0. The first-order valence-corrected chi connectivity index (χ1v) is 8.47. The first-order chi connectivity index (χ1) is 10.4. The number of hydrogen-bond acceptors (Lipinski definition) is 4. The molecule has 0 aromatic heterocycles. The molecule has 0 bridgehead atoms. The molecule has 0 aromatic rings. The Labute approximate surface area is 135 Å². The summed E-state index contributed by atoms with van der Waals surface area (Å²) in [5.74, 6) is -0.0703. The number of urea groups is 1. The summed E-state index contributed by atoms with van der Waals surface area (Å²) in [6.07, 6.45) is 0.633. The molecule has 1 fully saturated rings. The maximum Gasteiger partial charge on any atom is 0.329 e. The molecule has 0 spiro atoms. The average Bonchev–Trinajstić information content (AvgIpc) is 2.71. The van der Waals surface area contributed by atoms with Crippen molar-refractivity contribution in [2.75, 3.05) is 39.5 Å². The lowest BCUT2D eigenvalue weighted by Crippen LogP contribution is -2.51. The predicted octanol–water partition coefficient (Wildman–Crippen LogP) is 2.02. The fraction of sp³-hybridized carbons (Fsp3) is 0.875. The summed E-state index contributed by atoms with van der Waals surface area (Å²) in [4.78, 5) is 33.0. The molecule has 0 aliphatic carbocycles. The topological polar surface area (TPSA) is 47.1 Å². The van der Waals surface area contributed by atoms with E-state index < -0.39 is 5.54 Å². The second-order valence-electron chi connectivity index (χ2n) is 5.96. The van der Waals surface area contributed by atoms with Gasteiger partial charge in [-0.3, -0.25) is 19.5 Å². The lowest BCUT2D eigenvalue weighted by atomic mass is 9.97. The van der Waals surface area contributed by atoms with Gasteiger partial charge in [0.15, 0.2) is 0 Å². The Balaban J connectivity index is 3.01. The van der Waals surface area contributed by atoms with Crippen molar-refractivity contribution in [2.45, 2.75) is 53.5 Å². The molecule has 1 aliphatic rings. The number of imide groups is 1. The van der Waals surface area contributed by atoms with Crippen LogP contribution in [-0.4, -0.2) is 76.6 Å². The van der Waals surface area contributed by atoms with E-state index in [1.807, 2.05) is 27.7 Å². The number of nitrogens with zero attached hydrogens (tertiary/aromatic N) is 4. The summed E-state index contributed by atoms with van der Waals surface area (Å²) in [5.41, 5.74) is -0.729. The quantitative estimate of drug-likeness (QED) is 0.611. The lowest BCUT2D eigenvalue weighted by Gasteiger charge is -2.34. The minimum atomic E-state index is -0.729. The number of carbonyl (C=O) groups excluding carboxylic acids is 2. The molecule has 0 saturated carbocycles. The van der Waals surface area contributed by atoms with Crippen LogP contribution in [-0.2, 0) is 4.79 Å². The Hall–Kier alpha value is -1.14. The molecule has 1 atom stereocenters. The number of carbonyl (C=O) groups is 2. The summed E-state index contributed by atoms with van der Waals surface area (Å²) < 4.78 is 0. The summed E-state index contributed by atoms with van der Waals surface area (Å²) in [5, 5.41) is 0. The third-order valence-corrected chi connectivity index (χ3v) is 4.92. The van der Waals surface area contributed by atoms with Crippen molar-refractivity contribution in [3.05, 3.63) is 0 Å². The minimum absolute atomic E-state index is 0.0703. The number of rotatable bonds is 9. The van der Waals surface area contributed by atoms with Crippen LogP contribution in [0.5, 0.6) is 0 Å². The van der Waals surface area contributed by atoms with Gasteiger partial charge in [-0.05, 0) is 39.5 Å². The van der Waals surface area contributed by atoms with Gasteiger partial charge in [-0.25, -0.2) is 9.69 Å². The smallest absolute Gasteiger partial charge is 0.297 e. The highest BCUT2D eigenvalue weighted by Crippen LogP contribution is 2.31. The van der Waals surface area contributed by atoms with E-state index in [4.69, 9.17) is 0 Å². The van der Waals surface area contributed by atoms with E-state index in [9.17, 15) is 9.59 Å². The molecular weight excluding hydrogens is 280 g/mol. The third-order valence-electron chi connectivity index (χ3n) is 4.92. The van der Waals surface area contributed by atoms with Crippen molar-refractivity contribution in [1.29, 1.82) is 0 Å². The maximum absolute atomic E-state index is 12.8. The molecule has 3 amide bonds. The van der Waals surface area contributed by atoms with E-state index >= 15 is 0 Å². The van der Waals surface area contributed by atoms with Crippen LogP contribution >= 0.6 is 0 Å². The first kappa shape index (κ1) is 18.9. The van der Waals surface area contributed by atoms with Gasteiger partial charge in [-0.15, -0.1) is 0 Å². The second-order valence-corrected chi connectivity index (χ2v) is 5.96. The van der Waals surface area contributed by atoms with E-state index in [2.05, 4.69) is 23.6 Å². The van der Waals surface area contributed by atoms with Gasteiger partial charge in [0, 0.05) is 0 Å². The number of hydrogen-bond donors (Lipinski definition) is 0. The summed E-state index contributed by atoms with van der Waals surface area (Å²) in [6.45, 7) is 16.4. The van der Waals surface area contributed by atoms with Gasteiger partial charge in [-0.1, -0.05) is 34.6 Å². The van der Waals surface area contributed by atoms with Gasteiger partial charge in [0.05, 0.1) is 13.3 Å². The standard InChI is InChI=1S/C16H32N4O2/c1-7-16(6)14(21)19(12-17(8-2)9-3)15(22)20(16)13-18(10-4)11-5/h7-13H2,1-6H3. The molecule has 1 aliphatic heterocycles. The van der Waals surface area contributed by atoms with Gasteiger partial charge in [-0.2, -0.15) is 0 Å². The van der Waals surface area contributed by atoms with E-state index in [0.717, 1.165) is 26.2 Å². The normalized spacial score (nSPS) is 22.5. The Kier molecular flexibility index (Phi) is 6.81. The molecule has 1 heterocycles. The fourth-order valence-electron chi connectivity index (χ4n) is 2.78. The Bertz CT molecular complexity index is 394. The molecule has 1 unspecified atom stereocenters. The first-order valence-electron chi connectivity index (χ1n) is 8.47. The van der Waals surface area contributed by atoms with Crippen molar-refractivity contribution in [2.24, 2.45) is 0 Å². The second kappa shape index (κ2) is 7.92. The zero-order chi connectivity index (χ0) is 16.9. The van der Waals surface area contributed by atoms with Crippen LogP contribution in [0.15, 0.2) is 0 Å². The van der Waals surface area contributed by atoms with Gasteiger partial charge >= 0.3 is 6.03 Å². The Morgan fingerprint density at radius 1 is 0.864 bits per heavy atom. The van der Waals surface area contributed by atoms with Gasteiger partial charge in [0.25, 0.3) is 5.91 Å². The molecule has 0 N–H and O–H groups in total. The van der Waals surface area contributed by atoms with Crippen LogP contribution in [0.2, 0.25) is 0 Å². The molecule has 22 heavy (non-hydrogen) atoms. The van der Waals surface area contributed by atoms with Crippen molar-refractivity contribution < 1.29 is 9.59 Å². The van der Waals surface area contributed by atoms with E-state index in [1.165, 1.54) is 4.90 Å². The highest BCUT2D eigenvalue weighted by molar-refractivity contribution is 6.06. The van der Waals surface area contributed by atoms with Crippen molar-refractivity contribution in [3.63, 3.8) is 0 Å². The van der Waals surface area contributed by atoms with Crippen LogP contribution in [0.25, 0.3) is 0 Å². The lowest BCUT2D eigenvalue weighted by molar-refractivity contribution is -0.134. The Morgan fingerprint density at radius 3 is 1.73 bits per heavy atom. The van der Waals surface area contributed by atoms with Crippen molar-refractivity contribution in [1.82, 2.24) is 19.6 Å². The molecule has 1 rings (SSSR count). The van der Waals surface area contributed by atoms with Gasteiger partial charge in [0.1, 0.15) is 5.54 Å². The zero-order valence-electron chi connectivity index (χ0n) is 15.1. The summed E-state index contributed by atoms with van der Waals surface area (Å²) in [6, 6.07) is -0.159. The molecule has 6 heteroatoms. The third kappa shape index (κ3) is 3.43. The van der Waals surface area contributed by atoms with Crippen molar-refractivity contribution >= 4 is 11.9 Å². The minimum Gasteiger partial charge on any atom is -0.297 e. The highest BCUT2D eigenvalue weighted by atomic mass is 16.2. The molecular formula is C16H32N4O2. The highest BCUT2D eigenvalue weighted by Gasteiger charge is 2.53. The Morgan fingerprint density at radius 2 is 1.32 bits per heavy atom. The molecule has 0 aromatic carbocycles. The largest absolute Gasteiger partial charge is 0.329 e. The van der Waals surface area contributed by atoms with Gasteiger partial charge in [0.2, 0.25) is 0 Å². The van der Waals surface area contributed by atoms with Crippen LogP contribution in [0.1, 0.15) is 48.0 Å². The van der Waals surface area contributed by atoms with Crippen molar-refractivity contribution in [3.8, 4) is 0 Å². The summed E-state index contributed by atoms with van der Waals surface area (Å²) in [7, 11) is 0. The molecule has 0 radical (unpaired) electrons. The fourth-order valence-corrected chi connectivity index (χ4v) is 2.78. The van der Waals surface area contributed by atoms with Crippen LogP contribution in [0.3, 0.4) is 0 Å². The van der Waals surface area contributed by atoms with Crippen LogP contribution < -0.4 is 0 Å². The van der Waals surface area contributed by atoms with Gasteiger partial charge < -0.3 is 0 Å². The average molecular weight is 312 g/mol. The maximum atomic E-state index is 12.8. The van der Waals surface area contributed by atoms with E-state index in [1.54, 1.807) is 4.90 Å². The molecule has 6 nitrogen and oxygen atoms in total. The monoisotopic (exact) mass is 312 g/mol. The van der Waals surface area contributed by atoms with Crippen LogP contribution in [0.4, 0.5) is 4.79 Å². The molecule has 128 valence electrons. The number of amides is 3. The van der Waals surface area contributed by atoms with E-state index in [-0.39, 0.29) is 11.9 Å². The predicted molar refractivity (Wildman–Crippen MR) is 88.4 cm³/mol.